The van der Waals surface area contributed by atoms with Crippen molar-refractivity contribution in [3.8, 4) is 10.4 Å². The lowest BCUT2D eigenvalue weighted by Crippen LogP contribution is -2.47. The van der Waals surface area contributed by atoms with Crippen molar-refractivity contribution in [2.75, 3.05) is 32.7 Å². The molecule has 0 aliphatic carbocycles. The molecule has 0 radical (unpaired) electrons. The van der Waals surface area contributed by atoms with Crippen molar-refractivity contribution < 1.29 is 14.3 Å². The first-order valence-corrected chi connectivity index (χ1v) is 8.43. The molecule has 6 heteroatoms. The molecular formula is C17H19FN2O2S. The second-order valence-electron chi connectivity index (χ2n) is 5.72. The van der Waals surface area contributed by atoms with Crippen molar-refractivity contribution in [1.82, 2.24) is 9.80 Å². The summed E-state index contributed by atoms with van der Waals surface area (Å²) in [5.41, 5.74) is 0.910. The van der Waals surface area contributed by atoms with Crippen molar-refractivity contribution in [3.63, 3.8) is 0 Å². The number of hydrogen-bond acceptors (Lipinski definition) is 4. The fraction of sp³-hybridized carbons (Fsp3) is 0.353. The maximum atomic E-state index is 13.3. The second kappa shape index (κ2) is 7.21. The molecule has 1 aromatic carbocycles. The van der Waals surface area contributed by atoms with Gasteiger partial charge in [0.1, 0.15) is 5.82 Å². The van der Waals surface area contributed by atoms with Crippen molar-refractivity contribution in [1.29, 1.82) is 0 Å². The van der Waals surface area contributed by atoms with Crippen LogP contribution in [0.4, 0.5) is 4.39 Å². The third-order valence-electron chi connectivity index (χ3n) is 3.97. The zero-order valence-electron chi connectivity index (χ0n) is 12.7. The van der Waals surface area contributed by atoms with Crippen LogP contribution in [-0.4, -0.2) is 53.6 Å². The van der Waals surface area contributed by atoms with Gasteiger partial charge in [-0.25, -0.2) is 4.39 Å². The van der Waals surface area contributed by atoms with Gasteiger partial charge in [-0.3, -0.25) is 14.6 Å². The number of halogens is 1. The zero-order valence-corrected chi connectivity index (χ0v) is 13.6. The highest BCUT2D eigenvalue weighted by Crippen LogP contribution is 2.29. The summed E-state index contributed by atoms with van der Waals surface area (Å²) in [6.45, 7) is 4.31. The van der Waals surface area contributed by atoms with Crippen molar-refractivity contribution >= 4 is 17.3 Å². The number of carboxylic acid groups (broad SMARTS) is 1. The van der Waals surface area contributed by atoms with Crippen LogP contribution < -0.4 is 0 Å². The Kier molecular flexibility index (Phi) is 5.05. The summed E-state index contributed by atoms with van der Waals surface area (Å²) in [7, 11) is 0. The Morgan fingerprint density at radius 3 is 2.57 bits per heavy atom. The van der Waals surface area contributed by atoms with Crippen LogP contribution in [0.5, 0.6) is 0 Å². The van der Waals surface area contributed by atoms with Gasteiger partial charge in [0.2, 0.25) is 0 Å². The topological polar surface area (TPSA) is 43.8 Å². The van der Waals surface area contributed by atoms with Gasteiger partial charge in [0.25, 0.3) is 0 Å². The molecule has 2 heterocycles. The summed E-state index contributed by atoms with van der Waals surface area (Å²) in [5, 5.41) is 8.82. The van der Waals surface area contributed by atoms with E-state index in [4.69, 9.17) is 5.11 Å². The lowest BCUT2D eigenvalue weighted by molar-refractivity contribution is -0.138. The largest absolute Gasteiger partial charge is 0.480 e. The molecule has 1 aromatic heterocycles. The number of carboxylic acids is 1. The van der Waals surface area contributed by atoms with E-state index in [9.17, 15) is 9.18 Å². The van der Waals surface area contributed by atoms with Gasteiger partial charge in [-0.2, -0.15) is 0 Å². The van der Waals surface area contributed by atoms with Gasteiger partial charge in [0.05, 0.1) is 6.54 Å². The predicted molar refractivity (Wildman–Crippen MR) is 89.1 cm³/mol. The molecule has 0 atom stereocenters. The van der Waals surface area contributed by atoms with Crippen LogP contribution in [0.2, 0.25) is 0 Å². The molecule has 0 unspecified atom stereocenters. The van der Waals surface area contributed by atoms with E-state index < -0.39 is 5.97 Å². The van der Waals surface area contributed by atoms with Gasteiger partial charge < -0.3 is 5.11 Å². The maximum Gasteiger partial charge on any atom is 0.317 e. The lowest BCUT2D eigenvalue weighted by Gasteiger charge is -2.33. The van der Waals surface area contributed by atoms with Crippen LogP contribution in [0.25, 0.3) is 10.4 Å². The molecule has 4 nitrogen and oxygen atoms in total. The van der Waals surface area contributed by atoms with Gasteiger partial charge in [-0.05, 0) is 29.8 Å². The fourth-order valence-corrected chi connectivity index (χ4v) is 3.82. The second-order valence-corrected chi connectivity index (χ2v) is 6.89. The molecular weight excluding hydrogens is 315 g/mol. The smallest absolute Gasteiger partial charge is 0.317 e. The highest BCUT2D eigenvalue weighted by molar-refractivity contribution is 7.15. The Morgan fingerprint density at radius 1 is 1.13 bits per heavy atom. The van der Waals surface area contributed by atoms with Crippen LogP contribution in [-0.2, 0) is 11.3 Å². The summed E-state index contributed by atoms with van der Waals surface area (Å²) in [6, 6.07) is 10.8. The van der Waals surface area contributed by atoms with Gasteiger partial charge in [-0.1, -0.05) is 12.1 Å². The minimum atomic E-state index is -0.767. The number of nitrogens with zero attached hydrogens (tertiary/aromatic N) is 2. The van der Waals surface area contributed by atoms with Crippen LogP contribution in [0.15, 0.2) is 36.4 Å². The molecule has 1 fully saturated rings. The zero-order chi connectivity index (χ0) is 16.2. The third kappa shape index (κ3) is 4.37. The quantitative estimate of drug-likeness (QED) is 0.913. The van der Waals surface area contributed by atoms with E-state index in [2.05, 4.69) is 11.0 Å². The minimum Gasteiger partial charge on any atom is -0.480 e. The Bertz CT molecular complexity index is 681. The van der Waals surface area contributed by atoms with E-state index in [1.807, 2.05) is 17.0 Å². The van der Waals surface area contributed by atoms with Gasteiger partial charge in [0.15, 0.2) is 0 Å². The molecule has 0 bridgehead atoms. The predicted octanol–water partition coefficient (Wildman–Crippen LogP) is 2.76. The number of hydrogen-bond donors (Lipinski definition) is 1. The number of aliphatic carboxylic acids is 1. The number of rotatable bonds is 5. The lowest BCUT2D eigenvalue weighted by atomic mass is 10.2. The van der Waals surface area contributed by atoms with Crippen LogP contribution in [0.1, 0.15) is 4.88 Å². The van der Waals surface area contributed by atoms with Crippen LogP contribution in [0, 0.1) is 5.82 Å². The summed E-state index contributed by atoms with van der Waals surface area (Å²) < 4.78 is 13.3. The monoisotopic (exact) mass is 334 g/mol. The van der Waals surface area contributed by atoms with Gasteiger partial charge in [-0.15, -0.1) is 11.3 Å². The van der Waals surface area contributed by atoms with Crippen molar-refractivity contribution in [3.05, 3.63) is 47.1 Å². The molecule has 0 amide bonds. The molecule has 0 saturated carbocycles. The standard InChI is InChI=1S/C17H19FN2O2S/c18-14-3-1-2-13(10-14)16-5-4-15(23-16)11-19-6-8-20(9-7-19)12-17(21)22/h1-5,10H,6-9,11-12H2,(H,21,22). The Balaban J connectivity index is 1.57. The summed E-state index contributed by atoms with van der Waals surface area (Å²) in [4.78, 5) is 17.3. The molecule has 122 valence electrons. The number of benzene rings is 1. The Morgan fingerprint density at radius 2 is 1.87 bits per heavy atom. The molecule has 3 rings (SSSR count). The van der Waals surface area contributed by atoms with Crippen molar-refractivity contribution in [2.45, 2.75) is 6.54 Å². The summed E-state index contributed by atoms with van der Waals surface area (Å²) >= 11 is 1.68. The number of carbonyl (C=O) groups is 1. The van der Waals surface area contributed by atoms with Crippen molar-refractivity contribution in [2.24, 2.45) is 0 Å². The van der Waals surface area contributed by atoms with Gasteiger partial charge in [0, 0.05) is 42.5 Å². The molecule has 1 saturated heterocycles. The molecule has 1 N–H and O–H groups in total. The van der Waals surface area contributed by atoms with E-state index in [1.54, 1.807) is 23.5 Å². The van der Waals surface area contributed by atoms with E-state index >= 15 is 0 Å². The Labute approximate surface area is 138 Å². The molecule has 1 aliphatic heterocycles. The number of piperazine rings is 1. The fourth-order valence-electron chi connectivity index (χ4n) is 2.78. The highest BCUT2D eigenvalue weighted by Gasteiger charge is 2.19. The molecule has 0 spiro atoms. The first kappa shape index (κ1) is 16.1. The normalized spacial score (nSPS) is 16.6. The van der Waals surface area contributed by atoms with Gasteiger partial charge >= 0.3 is 5.97 Å². The average molecular weight is 334 g/mol. The minimum absolute atomic E-state index is 0.122. The van der Waals surface area contributed by atoms with Crippen LogP contribution >= 0.6 is 11.3 Å². The highest BCUT2D eigenvalue weighted by atomic mass is 32.1. The SMILES string of the molecule is O=C(O)CN1CCN(Cc2ccc(-c3cccc(F)c3)s2)CC1. The molecule has 23 heavy (non-hydrogen) atoms. The molecule has 2 aromatic rings. The van der Waals surface area contributed by atoms with E-state index in [1.165, 1.54) is 10.9 Å². The van der Waals surface area contributed by atoms with E-state index in [0.717, 1.165) is 43.2 Å². The van der Waals surface area contributed by atoms with E-state index in [0.29, 0.717) is 0 Å². The van der Waals surface area contributed by atoms with E-state index in [-0.39, 0.29) is 12.4 Å². The number of thiophene rings is 1. The average Bonchev–Trinajstić information content (AvgIpc) is 2.97. The molecule has 1 aliphatic rings. The maximum absolute atomic E-state index is 13.3. The first-order chi connectivity index (χ1) is 11.1. The Hall–Kier alpha value is -1.76. The van der Waals surface area contributed by atoms with Crippen LogP contribution in [0.3, 0.4) is 0 Å². The summed E-state index contributed by atoms with van der Waals surface area (Å²) in [6.07, 6.45) is 0. The summed E-state index contributed by atoms with van der Waals surface area (Å²) in [5.74, 6) is -0.983. The first-order valence-electron chi connectivity index (χ1n) is 7.61. The third-order valence-corrected chi connectivity index (χ3v) is 5.09.